The molecule has 0 bridgehead atoms. The van der Waals surface area contributed by atoms with Gasteiger partial charge in [0, 0.05) is 0 Å². The van der Waals surface area contributed by atoms with E-state index in [1.807, 2.05) is 0 Å². The number of carbonyl (C=O) groups excluding carboxylic acids is 1. The van der Waals surface area contributed by atoms with Gasteiger partial charge < -0.3 is 16.4 Å². The number of amidine groups is 1. The van der Waals surface area contributed by atoms with Crippen LogP contribution in [0.2, 0.25) is 0 Å². The summed E-state index contributed by atoms with van der Waals surface area (Å²) in [6.45, 7) is -1.39. The van der Waals surface area contributed by atoms with E-state index in [1.165, 1.54) is 0 Å². The molecular formula is C11H19F3N4O. The van der Waals surface area contributed by atoms with E-state index < -0.39 is 24.8 Å². The van der Waals surface area contributed by atoms with Gasteiger partial charge >= 0.3 is 12.2 Å². The van der Waals surface area contributed by atoms with E-state index in [4.69, 9.17) is 11.1 Å². The van der Waals surface area contributed by atoms with Crippen molar-refractivity contribution in [2.24, 2.45) is 11.7 Å². The second-order valence-electron chi connectivity index (χ2n) is 4.77. The van der Waals surface area contributed by atoms with Crippen molar-refractivity contribution >= 4 is 11.9 Å². The summed E-state index contributed by atoms with van der Waals surface area (Å²) in [5.74, 6) is -0.183. The average Bonchev–Trinajstić information content (AvgIpc) is 2.33. The summed E-state index contributed by atoms with van der Waals surface area (Å²) in [7, 11) is 0. The standard InChI is InChI=1S/C11H19F3N4O/c12-11(13,14)6-17-10(19)18-8(9(15)16)7-4-2-1-3-5-7/h7-8H,1-6H2,(H3,15,16)(H2,17,18,19). The third-order valence-electron chi connectivity index (χ3n) is 3.19. The van der Waals surface area contributed by atoms with Crippen molar-refractivity contribution in [3.8, 4) is 0 Å². The number of hydrogen-bond donors (Lipinski definition) is 4. The summed E-state index contributed by atoms with van der Waals surface area (Å²) < 4.78 is 35.9. The Hall–Kier alpha value is -1.47. The molecule has 5 N–H and O–H groups in total. The lowest BCUT2D eigenvalue weighted by atomic mass is 9.83. The first-order chi connectivity index (χ1) is 8.79. The molecule has 2 amide bonds. The number of nitrogens with one attached hydrogen (secondary N) is 3. The molecule has 1 saturated carbocycles. The van der Waals surface area contributed by atoms with Crippen molar-refractivity contribution in [1.82, 2.24) is 10.6 Å². The molecule has 0 aromatic carbocycles. The van der Waals surface area contributed by atoms with Crippen molar-refractivity contribution in [3.63, 3.8) is 0 Å². The van der Waals surface area contributed by atoms with E-state index in [9.17, 15) is 18.0 Å². The maximum Gasteiger partial charge on any atom is 0.405 e. The highest BCUT2D eigenvalue weighted by Gasteiger charge is 2.30. The number of amides is 2. The van der Waals surface area contributed by atoms with Gasteiger partial charge in [0.05, 0.1) is 6.04 Å². The molecule has 1 atom stereocenters. The van der Waals surface area contributed by atoms with Crippen molar-refractivity contribution in [3.05, 3.63) is 0 Å². The smallest absolute Gasteiger partial charge is 0.386 e. The minimum Gasteiger partial charge on any atom is -0.386 e. The number of carbonyl (C=O) groups is 1. The predicted octanol–water partition coefficient (Wildman–Crippen LogP) is 1.73. The maximum atomic E-state index is 12.0. The Morgan fingerprint density at radius 2 is 1.89 bits per heavy atom. The third-order valence-corrected chi connectivity index (χ3v) is 3.19. The molecule has 0 spiro atoms. The van der Waals surface area contributed by atoms with Gasteiger partial charge in [-0.15, -0.1) is 0 Å². The van der Waals surface area contributed by atoms with Crippen LogP contribution >= 0.6 is 0 Å². The van der Waals surface area contributed by atoms with Gasteiger partial charge in [-0.3, -0.25) is 5.41 Å². The Bertz CT molecular complexity index is 326. The molecular weight excluding hydrogens is 261 g/mol. The highest BCUT2D eigenvalue weighted by molar-refractivity contribution is 5.88. The van der Waals surface area contributed by atoms with E-state index >= 15 is 0 Å². The number of halogens is 3. The minimum atomic E-state index is -4.45. The summed E-state index contributed by atoms with van der Waals surface area (Å²) in [5.41, 5.74) is 5.42. The van der Waals surface area contributed by atoms with Gasteiger partial charge in [0.2, 0.25) is 0 Å². The van der Waals surface area contributed by atoms with E-state index in [1.54, 1.807) is 5.32 Å². The van der Waals surface area contributed by atoms with Gasteiger partial charge in [-0.25, -0.2) is 4.79 Å². The van der Waals surface area contributed by atoms with E-state index in [0.717, 1.165) is 32.1 Å². The quantitative estimate of drug-likeness (QED) is 0.466. The summed E-state index contributed by atoms with van der Waals surface area (Å²) in [6.07, 6.45) is 0.267. The number of hydrogen-bond acceptors (Lipinski definition) is 2. The van der Waals surface area contributed by atoms with Crippen LogP contribution in [0.4, 0.5) is 18.0 Å². The molecule has 0 aromatic heterocycles. The molecule has 5 nitrogen and oxygen atoms in total. The summed E-state index contributed by atoms with van der Waals surface area (Å²) in [6, 6.07) is -1.63. The Labute approximate surface area is 109 Å². The zero-order valence-corrected chi connectivity index (χ0v) is 10.5. The van der Waals surface area contributed by atoms with Crippen molar-refractivity contribution < 1.29 is 18.0 Å². The molecule has 0 radical (unpaired) electrons. The average molecular weight is 280 g/mol. The Morgan fingerprint density at radius 1 is 1.32 bits per heavy atom. The van der Waals surface area contributed by atoms with Crippen molar-refractivity contribution in [1.29, 1.82) is 5.41 Å². The molecule has 1 fully saturated rings. The fourth-order valence-electron chi connectivity index (χ4n) is 2.29. The predicted molar refractivity (Wildman–Crippen MR) is 64.9 cm³/mol. The van der Waals surface area contributed by atoms with Crippen molar-refractivity contribution in [2.75, 3.05) is 6.54 Å². The molecule has 1 unspecified atom stereocenters. The molecule has 0 heterocycles. The Kier molecular flexibility index (Phi) is 5.44. The zero-order valence-electron chi connectivity index (χ0n) is 10.5. The first-order valence-corrected chi connectivity index (χ1v) is 6.24. The second kappa shape index (κ2) is 6.63. The van der Waals surface area contributed by atoms with Crippen LogP contribution in [-0.4, -0.2) is 30.6 Å². The summed E-state index contributed by atoms with van der Waals surface area (Å²) in [4.78, 5) is 11.4. The summed E-state index contributed by atoms with van der Waals surface area (Å²) in [5, 5.41) is 11.5. The normalized spacial score (nSPS) is 18.7. The first kappa shape index (κ1) is 15.6. The molecule has 1 aliphatic carbocycles. The number of nitrogens with two attached hydrogens (primary N) is 1. The number of urea groups is 1. The van der Waals surface area contributed by atoms with Gasteiger partial charge in [-0.1, -0.05) is 19.3 Å². The molecule has 1 rings (SSSR count). The third kappa shape index (κ3) is 5.80. The van der Waals surface area contributed by atoms with Crippen LogP contribution in [0.1, 0.15) is 32.1 Å². The lowest BCUT2D eigenvalue weighted by Gasteiger charge is -2.30. The second-order valence-corrected chi connectivity index (χ2v) is 4.77. The molecule has 0 saturated heterocycles. The maximum absolute atomic E-state index is 12.0. The number of alkyl halides is 3. The van der Waals surface area contributed by atoms with Gasteiger partial charge in [0.25, 0.3) is 0 Å². The van der Waals surface area contributed by atoms with Crippen LogP contribution in [0.25, 0.3) is 0 Å². The molecule has 8 heteroatoms. The van der Waals surface area contributed by atoms with E-state index in [-0.39, 0.29) is 11.8 Å². The molecule has 0 aromatic rings. The van der Waals surface area contributed by atoms with Gasteiger partial charge in [-0.2, -0.15) is 13.2 Å². The topological polar surface area (TPSA) is 91.0 Å². The fraction of sp³-hybridized carbons (Fsp3) is 0.818. The highest BCUT2D eigenvalue weighted by atomic mass is 19.4. The highest BCUT2D eigenvalue weighted by Crippen LogP contribution is 2.26. The van der Waals surface area contributed by atoms with E-state index in [2.05, 4.69) is 5.32 Å². The van der Waals surface area contributed by atoms with E-state index in [0.29, 0.717) is 0 Å². The van der Waals surface area contributed by atoms with Crippen LogP contribution < -0.4 is 16.4 Å². The van der Waals surface area contributed by atoms with Gasteiger partial charge in [-0.05, 0) is 18.8 Å². The van der Waals surface area contributed by atoms with Crippen molar-refractivity contribution in [2.45, 2.75) is 44.3 Å². The lowest BCUT2D eigenvalue weighted by Crippen LogP contribution is -2.53. The largest absolute Gasteiger partial charge is 0.405 e. The van der Waals surface area contributed by atoms with Crippen LogP contribution in [0.5, 0.6) is 0 Å². The molecule has 1 aliphatic rings. The van der Waals surface area contributed by atoms with Crippen LogP contribution in [0.3, 0.4) is 0 Å². The SMILES string of the molecule is N=C(N)C(NC(=O)NCC(F)(F)F)C1CCCCC1. The zero-order chi connectivity index (χ0) is 14.5. The van der Waals surface area contributed by atoms with Gasteiger partial charge in [0.15, 0.2) is 0 Å². The lowest BCUT2D eigenvalue weighted by molar-refractivity contribution is -0.122. The summed E-state index contributed by atoms with van der Waals surface area (Å²) >= 11 is 0. The monoisotopic (exact) mass is 280 g/mol. The van der Waals surface area contributed by atoms with Crippen LogP contribution in [-0.2, 0) is 0 Å². The van der Waals surface area contributed by atoms with Gasteiger partial charge in [0.1, 0.15) is 12.4 Å². The van der Waals surface area contributed by atoms with Crippen LogP contribution in [0, 0.1) is 11.3 Å². The molecule has 0 aliphatic heterocycles. The molecule has 19 heavy (non-hydrogen) atoms. The Morgan fingerprint density at radius 3 is 2.37 bits per heavy atom. The fourth-order valence-corrected chi connectivity index (χ4v) is 2.29. The van der Waals surface area contributed by atoms with Crippen LogP contribution in [0.15, 0.2) is 0 Å². The Balaban J connectivity index is 2.48. The first-order valence-electron chi connectivity index (χ1n) is 6.24. The molecule has 110 valence electrons. The minimum absolute atomic E-state index is 0.0305. The number of rotatable bonds is 4.